The van der Waals surface area contributed by atoms with E-state index >= 15 is 0 Å². The Kier molecular flexibility index (Phi) is 36.6. The zero-order valence-corrected chi connectivity index (χ0v) is 37.2. The molecule has 1 amide bonds. The van der Waals surface area contributed by atoms with Crippen molar-refractivity contribution in [1.29, 1.82) is 0 Å². The third kappa shape index (κ3) is 39.9. The number of carbonyl (C=O) groups excluding carboxylic acids is 1. The molecule has 3 atom stereocenters. The summed E-state index contributed by atoms with van der Waals surface area (Å²) in [5.74, 6) is -0.222. The summed E-state index contributed by atoms with van der Waals surface area (Å²) in [4.78, 5) is 25.2. The van der Waals surface area contributed by atoms with Crippen molar-refractivity contribution in [3.8, 4) is 0 Å². The summed E-state index contributed by atoms with van der Waals surface area (Å²) in [5, 5.41) is 13.7. The van der Waals surface area contributed by atoms with Crippen molar-refractivity contribution in [2.75, 3.05) is 40.9 Å². The van der Waals surface area contributed by atoms with Gasteiger partial charge >= 0.3 is 0 Å². The van der Waals surface area contributed by atoms with E-state index in [9.17, 15) is 19.4 Å². The van der Waals surface area contributed by atoms with Crippen LogP contribution >= 0.6 is 7.82 Å². The molecule has 0 aliphatic carbocycles. The summed E-state index contributed by atoms with van der Waals surface area (Å²) in [5.41, 5.74) is 0. The van der Waals surface area contributed by atoms with Crippen LogP contribution in [0.2, 0.25) is 0 Å². The summed E-state index contributed by atoms with van der Waals surface area (Å²) in [6.07, 6.45) is 52.2. The SMILES string of the molecule is CC/C=C\C/C=C\C/C=C\C/C=C\C/C=C\CCCCCCCCCCCC(=O)NC(COP(=O)([O-])OCC[N+](C)(C)C)C(O)/C=C/CC/C=C/CCCCC. The Hall–Kier alpha value is -2.32. The second-order valence-corrected chi connectivity index (χ2v) is 17.1. The fraction of sp³-hybridized carbons (Fsp3) is 0.681. The molecule has 2 N–H and O–H groups in total. The van der Waals surface area contributed by atoms with Gasteiger partial charge in [0.05, 0.1) is 39.9 Å². The van der Waals surface area contributed by atoms with E-state index in [0.29, 0.717) is 17.4 Å². The maximum absolute atomic E-state index is 12.8. The predicted octanol–water partition coefficient (Wildman–Crippen LogP) is 11.6. The Morgan fingerprint density at radius 2 is 1.11 bits per heavy atom. The van der Waals surface area contributed by atoms with Crippen LogP contribution in [0.4, 0.5) is 0 Å². The fourth-order valence-electron chi connectivity index (χ4n) is 5.60. The average molecular weight is 803 g/mol. The lowest BCUT2D eigenvalue weighted by atomic mass is 10.1. The highest BCUT2D eigenvalue weighted by molar-refractivity contribution is 7.45. The Morgan fingerprint density at radius 1 is 0.643 bits per heavy atom. The molecule has 0 aromatic rings. The van der Waals surface area contributed by atoms with Gasteiger partial charge in [0.1, 0.15) is 13.2 Å². The highest BCUT2D eigenvalue weighted by Crippen LogP contribution is 2.38. The normalized spacial score (nSPS) is 15.2. The number of aliphatic hydroxyl groups excluding tert-OH is 1. The van der Waals surface area contributed by atoms with E-state index in [4.69, 9.17) is 9.05 Å². The zero-order valence-electron chi connectivity index (χ0n) is 36.3. The number of likely N-dealkylation sites (N-methyl/N-ethyl adjacent to an activating group) is 1. The molecule has 0 aromatic heterocycles. The molecule has 0 aromatic carbocycles. The highest BCUT2D eigenvalue weighted by atomic mass is 31.2. The molecule has 0 heterocycles. The number of quaternary nitrogens is 1. The molecule has 322 valence electrons. The molecule has 0 radical (unpaired) electrons. The van der Waals surface area contributed by atoms with E-state index in [0.717, 1.165) is 83.5 Å². The van der Waals surface area contributed by atoms with E-state index in [1.807, 2.05) is 27.2 Å². The number of amides is 1. The number of carbonyl (C=O) groups is 1. The summed E-state index contributed by atoms with van der Waals surface area (Å²) in [6.45, 7) is 4.42. The Labute approximate surface area is 344 Å². The number of unbranched alkanes of at least 4 members (excludes halogenated alkanes) is 13. The predicted molar refractivity (Wildman–Crippen MR) is 237 cm³/mol. The monoisotopic (exact) mass is 803 g/mol. The minimum absolute atomic E-state index is 0.0124. The molecule has 0 aliphatic heterocycles. The van der Waals surface area contributed by atoms with E-state index < -0.39 is 26.6 Å². The maximum Gasteiger partial charge on any atom is 0.268 e. The summed E-state index contributed by atoms with van der Waals surface area (Å²) in [6, 6.07) is -0.909. The maximum atomic E-state index is 12.8. The van der Waals surface area contributed by atoms with Crippen molar-refractivity contribution >= 4 is 13.7 Å². The van der Waals surface area contributed by atoms with Crippen LogP contribution in [0.3, 0.4) is 0 Å². The number of hydrogen-bond acceptors (Lipinski definition) is 6. The van der Waals surface area contributed by atoms with Crippen molar-refractivity contribution in [2.45, 2.75) is 167 Å². The van der Waals surface area contributed by atoms with Gasteiger partial charge in [0.25, 0.3) is 7.82 Å². The minimum Gasteiger partial charge on any atom is -0.756 e. The lowest BCUT2D eigenvalue weighted by Gasteiger charge is -2.29. The van der Waals surface area contributed by atoms with Gasteiger partial charge in [-0.05, 0) is 77.0 Å². The smallest absolute Gasteiger partial charge is 0.268 e. The van der Waals surface area contributed by atoms with E-state index in [-0.39, 0.29) is 12.5 Å². The van der Waals surface area contributed by atoms with Crippen LogP contribution in [-0.2, 0) is 18.4 Å². The number of rotatable bonds is 38. The molecule has 0 bridgehead atoms. The molecular weight excluding hydrogens is 719 g/mol. The van der Waals surface area contributed by atoms with Gasteiger partial charge in [0, 0.05) is 6.42 Å². The molecule has 0 saturated heterocycles. The molecular formula is C47H83N2O6P. The standard InChI is InChI=1S/C47H83N2O6P/c1-6-8-10-12-14-16-17-18-19-20-21-22-23-24-25-26-27-28-29-30-31-33-35-37-39-41-47(51)48-45(44-55-56(52,53)54-43-42-49(3,4)5)46(50)40-38-36-34-32-15-13-11-9-7-2/h8,10,14-16,18-19,21-22,24-25,32,38,40,45-46,50H,6-7,9,11-13,17,20,23,26-31,33-37,39,41-44H2,1-5H3,(H-,48,51,52,53)/b10-8-,16-14-,19-18-,22-21-,25-24-,32-15+,40-38+. The van der Waals surface area contributed by atoms with Crippen LogP contribution < -0.4 is 10.2 Å². The third-order valence-electron chi connectivity index (χ3n) is 9.09. The second kappa shape index (κ2) is 38.2. The molecule has 9 heteroatoms. The molecule has 56 heavy (non-hydrogen) atoms. The average Bonchev–Trinajstić information content (AvgIpc) is 3.15. The number of hydrogen-bond donors (Lipinski definition) is 2. The van der Waals surface area contributed by atoms with E-state index in [1.165, 1.54) is 51.4 Å². The Bertz CT molecular complexity index is 1180. The van der Waals surface area contributed by atoms with Crippen molar-refractivity contribution in [1.82, 2.24) is 5.32 Å². The lowest BCUT2D eigenvalue weighted by Crippen LogP contribution is -2.45. The summed E-state index contributed by atoms with van der Waals surface area (Å²) < 4.78 is 23.1. The highest BCUT2D eigenvalue weighted by Gasteiger charge is 2.23. The molecule has 3 unspecified atom stereocenters. The zero-order chi connectivity index (χ0) is 41.4. The number of phosphoric acid groups is 1. The van der Waals surface area contributed by atoms with E-state index in [1.54, 1.807) is 6.08 Å². The van der Waals surface area contributed by atoms with Gasteiger partial charge in [-0.15, -0.1) is 0 Å². The van der Waals surface area contributed by atoms with Gasteiger partial charge in [0.15, 0.2) is 0 Å². The second-order valence-electron chi connectivity index (χ2n) is 15.7. The van der Waals surface area contributed by atoms with Crippen molar-refractivity contribution in [2.24, 2.45) is 0 Å². The largest absolute Gasteiger partial charge is 0.756 e. The lowest BCUT2D eigenvalue weighted by molar-refractivity contribution is -0.870. The van der Waals surface area contributed by atoms with Crippen LogP contribution in [0.5, 0.6) is 0 Å². The first-order valence-electron chi connectivity index (χ1n) is 21.9. The van der Waals surface area contributed by atoms with Gasteiger partial charge in [-0.1, -0.05) is 157 Å². The number of allylic oxidation sites excluding steroid dienone is 13. The first-order chi connectivity index (χ1) is 27.0. The van der Waals surface area contributed by atoms with Crippen LogP contribution in [0.25, 0.3) is 0 Å². The molecule has 8 nitrogen and oxygen atoms in total. The number of aliphatic hydroxyl groups is 1. The van der Waals surface area contributed by atoms with Gasteiger partial charge in [-0.2, -0.15) is 0 Å². The first kappa shape index (κ1) is 53.7. The number of phosphoric ester groups is 1. The van der Waals surface area contributed by atoms with Crippen LogP contribution in [0.1, 0.15) is 155 Å². The molecule has 0 rings (SSSR count). The molecule has 0 saturated carbocycles. The van der Waals surface area contributed by atoms with Crippen molar-refractivity contribution < 1.29 is 32.9 Å². The van der Waals surface area contributed by atoms with Gasteiger partial charge in [-0.3, -0.25) is 9.36 Å². The number of nitrogens with zero attached hydrogens (tertiary/aromatic N) is 1. The molecule has 0 fully saturated rings. The van der Waals surface area contributed by atoms with Crippen LogP contribution in [0.15, 0.2) is 85.1 Å². The van der Waals surface area contributed by atoms with Crippen LogP contribution in [-0.4, -0.2) is 68.5 Å². The fourth-order valence-corrected chi connectivity index (χ4v) is 6.33. The van der Waals surface area contributed by atoms with Crippen molar-refractivity contribution in [3.63, 3.8) is 0 Å². The topological polar surface area (TPSA) is 108 Å². The van der Waals surface area contributed by atoms with E-state index in [2.05, 4.69) is 92.1 Å². The summed E-state index contributed by atoms with van der Waals surface area (Å²) in [7, 11) is 1.22. The summed E-state index contributed by atoms with van der Waals surface area (Å²) >= 11 is 0. The number of nitrogens with one attached hydrogen (secondary N) is 1. The van der Waals surface area contributed by atoms with Gasteiger partial charge in [0.2, 0.25) is 5.91 Å². The third-order valence-corrected chi connectivity index (χ3v) is 10.1. The van der Waals surface area contributed by atoms with Gasteiger partial charge < -0.3 is 28.8 Å². The quantitative estimate of drug-likeness (QED) is 0.0279. The van der Waals surface area contributed by atoms with Crippen molar-refractivity contribution in [3.05, 3.63) is 85.1 Å². The Balaban J connectivity index is 4.28. The molecule has 0 spiro atoms. The molecule has 0 aliphatic rings. The first-order valence-corrected chi connectivity index (χ1v) is 23.4. The van der Waals surface area contributed by atoms with Gasteiger partial charge in [-0.25, -0.2) is 0 Å². The Morgan fingerprint density at radius 3 is 1.66 bits per heavy atom. The minimum atomic E-state index is -4.59. The van der Waals surface area contributed by atoms with Crippen LogP contribution in [0, 0.1) is 0 Å².